The second-order valence-corrected chi connectivity index (χ2v) is 10.4. The van der Waals surface area contributed by atoms with Crippen molar-refractivity contribution in [3.63, 3.8) is 0 Å². The number of nitrogens with zero attached hydrogens (tertiary/aromatic N) is 2. The SMILES string of the molecule is c1ccc(-c2nc3ccc(-c4ccc(Nc5ccc(-c6ccc7nc(-c8ccccc8)oc7c6)cc5)cc4)cc3o2)cc1. The van der Waals surface area contributed by atoms with Gasteiger partial charge in [0.15, 0.2) is 11.2 Å². The van der Waals surface area contributed by atoms with E-state index in [1.165, 1.54) is 0 Å². The molecule has 5 nitrogen and oxygen atoms in total. The van der Waals surface area contributed by atoms with Crippen molar-refractivity contribution < 1.29 is 8.83 Å². The average molecular weight is 556 g/mol. The molecule has 43 heavy (non-hydrogen) atoms. The van der Waals surface area contributed by atoms with E-state index in [9.17, 15) is 0 Å². The highest BCUT2D eigenvalue weighted by Crippen LogP contribution is 2.31. The predicted molar refractivity (Wildman–Crippen MR) is 173 cm³/mol. The molecule has 0 aliphatic rings. The zero-order valence-electron chi connectivity index (χ0n) is 23.1. The van der Waals surface area contributed by atoms with E-state index >= 15 is 0 Å². The van der Waals surface area contributed by atoms with Crippen molar-refractivity contribution in [2.45, 2.75) is 0 Å². The number of hydrogen-bond donors (Lipinski definition) is 1. The van der Waals surface area contributed by atoms with E-state index in [1.807, 2.05) is 72.8 Å². The van der Waals surface area contributed by atoms with Crippen LogP contribution in [-0.4, -0.2) is 9.97 Å². The number of aromatic nitrogens is 2. The van der Waals surface area contributed by atoms with Gasteiger partial charge in [-0.3, -0.25) is 0 Å². The van der Waals surface area contributed by atoms with E-state index in [4.69, 9.17) is 8.83 Å². The molecule has 2 heterocycles. The molecule has 0 aliphatic heterocycles. The number of hydrogen-bond acceptors (Lipinski definition) is 5. The predicted octanol–water partition coefficient (Wildman–Crippen LogP) is 10.4. The van der Waals surface area contributed by atoms with E-state index in [0.29, 0.717) is 11.8 Å². The van der Waals surface area contributed by atoms with Crippen LogP contribution in [-0.2, 0) is 0 Å². The first-order chi connectivity index (χ1) is 21.2. The summed E-state index contributed by atoms with van der Waals surface area (Å²) in [4.78, 5) is 9.29. The molecule has 0 saturated heterocycles. The molecule has 0 saturated carbocycles. The Balaban J connectivity index is 0.975. The Labute approximate surface area is 248 Å². The Kier molecular flexibility index (Phi) is 6.05. The quantitative estimate of drug-likeness (QED) is 0.221. The smallest absolute Gasteiger partial charge is 0.227 e. The van der Waals surface area contributed by atoms with Crippen molar-refractivity contribution in [3.05, 3.63) is 146 Å². The molecule has 204 valence electrons. The van der Waals surface area contributed by atoms with Gasteiger partial charge in [-0.15, -0.1) is 0 Å². The third-order valence-corrected chi connectivity index (χ3v) is 7.54. The van der Waals surface area contributed by atoms with Crippen LogP contribution in [0.25, 0.3) is 67.4 Å². The number of nitrogens with one attached hydrogen (secondary N) is 1. The normalized spacial score (nSPS) is 11.3. The highest BCUT2D eigenvalue weighted by atomic mass is 16.4. The summed E-state index contributed by atoms with van der Waals surface area (Å²) in [7, 11) is 0. The lowest BCUT2D eigenvalue weighted by molar-refractivity contribution is 0.619. The van der Waals surface area contributed by atoms with Gasteiger partial charge in [0.05, 0.1) is 0 Å². The first-order valence-electron chi connectivity index (χ1n) is 14.2. The van der Waals surface area contributed by atoms with Gasteiger partial charge in [-0.1, -0.05) is 72.8 Å². The van der Waals surface area contributed by atoms with Crippen molar-refractivity contribution in [2.24, 2.45) is 0 Å². The molecule has 0 amide bonds. The average Bonchev–Trinajstić information content (AvgIpc) is 3.70. The lowest BCUT2D eigenvalue weighted by Crippen LogP contribution is -1.90. The summed E-state index contributed by atoms with van der Waals surface area (Å²) in [6, 6.07) is 49.0. The molecule has 8 aromatic rings. The highest BCUT2D eigenvalue weighted by Gasteiger charge is 2.11. The summed E-state index contributed by atoms with van der Waals surface area (Å²) < 4.78 is 12.1. The minimum atomic E-state index is 0.633. The monoisotopic (exact) mass is 555 g/mol. The lowest BCUT2D eigenvalue weighted by Gasteiger charge is -2.09. The van der Waals surface area contributed by atoms with E-state index in [1.54, 1.807) is 0 Å². The van der Waals surface area contributed by atoms with E-state index in [-0.39, 0.29) is 0 Å². The maximum Gasteiger partial charge on any atom is 0.227 e. The second-order valence-electron chi connectivity index (χ2n) is 10.4. The van der Waals surface area contributed by atoms with Gasteiger partial charge < -0.3 is 14.2 Å². The van der Waals surface area contributed by atoms with Crippen LogP contribution in [0.15, 0.2) is 154 Å². The van der Waals surface area contributed by atoms with Gasteiger partial charge in [-0.05, 0) is 95.1 Å². The maximum atomic E-state index is 6.07. The van der Waals surface area contributed by atoms with Crippen molar-refractivity contribution in [2.75, 3.05) is 5.32 Å². The molecule has 6 aromatic carbocycles. The van der Waals surface area contributed by atoms with Gasteiger partial charge in [0, 0.05) is 22.5 Å². The highest BCUT2D eigenvalue weighted by molar-refractivity contribution is 5.84. The molecule has 5 heteroatoms. The molecule has 0 unspecified atom stereocenters. The number of oxazole rings is 2. The van der Waals surface area contributed by atoms with E-state index in [0.717, 1.165) is 67.0 Å². The van der Waals surface area contributed by atoms with Gasteiger partial charge in [0.25, 0.3) is 0 Å². The Morgan fingerprint density at radius 3 is 1.19 bits per heavy atom. The van der Waals surface area contributed by atoms with Crippen molar-refractivity contribution in [1.82, 2.24) is 9.97 Å². The number of benzene rings is 6. The van der Waals surface area contributed by atoms with E-state index in [2.05, 4.69) is 88.1 Å². The maximum absolute atomic E-state index is 6.07. The molecule has 1 N–H and O–H groups in total. The zero-order valence-corrected chi connectivity index (χ0v) is 23.1. The molecule has 0 spiro atoms. The Morgan fingerprint density at radius 2 is 0.767 bits per heavy atom. The largest absolute Gasteiger partial charge is 0.436 e. The molecule has 8 rings (SSSR count). The van der Waals surface area contributed by atoms with Crippen LogP contribution in [0.2, 0.25) is 0 Å². The molecule has 0 radical (unpaired) electrons. The fourth-order valence-corrected chi connectivity index (χ4v) is 5.28. The Bertz CT molecular complexity index is 2020. The van der Waals surface area contributed by atoms with Gasteiger partial charge in [-0.25, -0.2) is 9.97 Å². The van der Waals surface area contributed by atoms with Crippen LogP contribution in [0.4, 0.5) is 11.4 Å². The summed E-state index contributed by atoms with van der Waals surface area (Å²) in [5, 5.41) is 3.51. The number of rotatable bonds is 6. The molecule has 2 aromatic heterocycles. The Hall–Kier alpha value is -5.94. The van der Waals surface area contributed by atoms with Gasteiger partial charge in [0.1, 0.15) is 11.0 Å². The van der Waals surface area contributed by atoms with Crippen molar-refractivity contribution in [3.8, 4) is 45.2 Å². The first-order valence-corrected chi connectivity index (χ1v) is 14.2. The summed E-state index contributed by atoms with van der Waals surface area (Å²) in [6.45, 7) is 0. The molecule has 0 atom stereocenters. The van der Waals surface area contributed by atoms with Crippen molar-refractivity contribution >= 4 is 33.6 Å². The molecule has 0 fully saturated rings. The van der Waals surface area contributed by atoms with Crippen LogP contribution in [0.5, 0.6) is 0 Å². The zero-order chi connectivity index (χ0) is 28.6. The topological polar surface area (TPSA) is 64.1 Å². The summed E-state index contributed by atoms with van der Waals surface area (Å²) in [6.07, 6.45) is 0. The third kappa shape index (κ3) is 4.94. The fraction of sp³-hybridized carbons (Fsp3) is 0. The van der Waals surface area contributed by atoms with Crippen LogP contribution in [0.3, 0.4) is 0 Å². The second kappa shape index (κ2) is 10.5. The first kappa shape index (κ1) is 24.8. The fourth-order valence-electron chi connectivity index (χ4n) is 5.28. The Morgan fingerprint density at radius 1 is 0.372 bits per heavy atom. The van der Waals surface area contributed by atoms with Crippen molar-refractivity contribution in [1.29, 1.82) is 0 Å². The standard InChI is InChI=1S/C38H25N3O2/c1-3-7-27(8-4-1)37-40-33-21-15-29(23-35(33)42-37)25-11-17-31(18-12-25)39-32-19-13-26(14-20-32)30-16-22-34-36(24-30)43-38(41-34)28-9-5-2-6-10-28/h1-24,39H. The lowest BCUT2D eigenvalue weighted by atomic mass is 10.0. The summed E-state index contributed by atoms with van der Waals surface area (Å²) in [5.41, 5.74) is 11.6. The minimum absolute atomic E-state index is 0.633. The van der Waals surface area contributed by atoms with Crippen LogP contribution >= 0.6 is 0 Å². The summed E-state index contributed by atoms with van der Waals surface area (Å²) in [5.74, 6) is 1.27. The summed E-state index contributed by atoms with van der Waals surface area (Å²) >= 11 is 0. The molecule has 0 bridgehead atoms. The van der Waals surface area contributed by atoms with Crippen LogP contribution in [0, 0.1) is 0 Å². The molecular formula is C38H25N3O2. The third-order valence-electron chi connectivity index (χ3n) is 7.54. The number of fused-ring (bicyclic) bond motifs is 2. The van der Waals surface area contributed by atoms with Crippen LogP contribution in [0.1, 0.15) is 0 Å². The van der Waals surface area contributed by atoms with E-state index < -0.39 is 0 Å². The minimum Gasteiger partial charge on any atom is -0.436 e. The van der Waals surface area contributed by atoms with Crippen LogP contribution < -0.4 is 5.32 Å². The number of anilines is 2. The van der Waals surface area contributed by atoms with Gasteiger partial charge >= 0.3 is 0 Å². The van der Waals surface area contributed by atoms with Gasteiger partial charge in [0.2, 0.25) is 11.8 Å². The molecule has 0 aliphatic carbocycles. The van der Waals surface area contributed by atoms with Gasteiger partial charge in [-0.2, -0.15) is 0 Å². The molecular weight excluding hydrogens is 530 g/mol.